The van der Waals surface area contributed by atoms with Crippen LogP contribution in [0.3, 0.4) is 0 Å². The maximum Gasteiger partial charge on any atom is 0.0769 e. The van der Waals surface area contributed by atoms with E-state index in [1.165, 1.54) is 20.9 Å². The molecule has 0 atom stereocenters. The Morgan fingerprint density at radius 3 is 2.81 bits per heavy atom. The van der Waals surface area contributed by atoms with Gasteiger partial charge in [0.1, 0.15) is 0 Å². The van der Waals surface area contributed by atoms with Crippen LogP contribution in [0.2, 0.25) is 0 Å². The van der Waals surface area contributed by atoms with Gasteiger partial charge in [0.2, 0.25) is 0 Å². The van der Waals surface area contributed by atoms with Gasteiger partial charge in [-0.15, -0.1) is 0 Å². The second kappa shape index (κ2) is 3.80. The lowest BCUT2D eigenvalue weighted by molar-refractivity contribution is 1.34. The van der Waals surface area contributed by atoms with E-state index in [4.69, 9.17) is 0 Å². The van der Waals surface area contributed by atoms with E-state index >= 15 is 0 Å². The van der Waals surface area contributed by atoms with Crippen LogP contribution in [0.15, 0.2) is 57.2 Å². The molecular weight excluding hydrogens is 214 g/mol. The first kappa shape index (κ1) is 9.67. The molecule has 0 saturated carbocycles. The summed E-state index contributed by atoms with van der Waals surface area (Å²) in [6.07, 6.45) is 1.95. The first-order chi connectivity index (χ1) is 7.83. The summed E-state index contributed by atoms with van der Waals surface area (Å²) in [5.41, 5.74) is 3.55. The molecule has 2 aromatic rings. The molecule has 3 rings (SSSR count). The molecular formula is C14H11NS. The first-order valence-electron chi connectivity index (χ1n) is 5.24. The van der Waals surface area contributed by atoms with E-state index in [2.05, 4.69) is 48.3 Å². The molecule has 0 fully saturated rings. The quantitative estimate of drug-likeness (QED) is 0.558. The Bertz CT molecular complexity index is 573. The molecule has 0 saturated heterocycles. The van der Waals surface area contributed by atoms with Crippen LogP contribution in [0.25, 0.3) is 0 Å². The number of hydrogen-bond donors (Lipinski definition) is 0. The maximum atomic E-state index is 4.51. The van der Waals surface area contributed by atoms with Gasteiger partial charge in [-0.2, -0.15) is 0 Å². The molecule has 0 bridgehead atoms. The van der Waals surface area contributed by atoms with Crippen molar-refractivity contribution in [3.8, 4) is 0 Å². The molecule has 0 radical (unpaired) electrons. The van der Waals surface area contributed by atoms with Gasteiger partial charge in [0.05, 0.1) is 5.69 Å². The monoisotopic (exact) mass is 225 g/mol. The SMILES string of the molecule is Cc1ccc2c(c1)Sc1ccccc1N=C2. The number of rotatable bonds is 0. The van der Waals surface area contributed by atoms with E-state index in [0.29, 0.717) is 0 Å². The number of fused-ring (bicyclic) bond motifs is 2. The fraction of sp³-hybridized carbons (Fsp3) is 0.0714. The number of para-hydroxylation sites is 1. The summed E-state index contributed by atoms with van der Waals surface area (Å²) < 4.78 is 0. The minimum absolute atomic E-state index is 1.06. The van der Waals surface area contributed by atoms with Crippen molar-refractivity contribution >= 4 is 23.7 Å². The summed E-state index contributed by atoms with van der Waals surface area (Å²) in [5, 5.41) is 0. The van der Waals surface area contributed by atoms with Gasteiger partial charge in [0, 0.05) is 21.6 Å². The molecule has 0 amide bonds. The van der Waals surface area contributed by atoms with Crippen LogP contribution in [-0.4, -0.2) is 6.21 Å². The lowest BCUT2D eigenvalue weighted by atomic mass is 10.2. The summed E-state index contributed by atoms with van der Waals surface area (Å²) in [7, 11) is 0. The van der Waals surface area contributed by atoms with Crippen molar-refractivity contribution in [2.45, 2.75) is 16.7 Å². The fourth-order valence-corrected chi connectivity index (χ4v) is 2.84. The van der Waals surface area contributed by atoms with Gasteiger partial charge in [0.15, 0.2) is 0 Å². The highest BCUT2D eigenvalue weighted by molar-refractivity contribution is 7.99. The van der Waals surface area contributed by atoms with Crippen molar-refractivity contribution in [1.82, 2.24) is 0 Å². The zero-order valence-electron chi connectivity index (χ0n) is 8.97. The zero-order chi connectivity index (χ0) is 11.0. The molecule has 1 aliphatic heterocycles. The van der Waals surface area contributed by atoms with Gasteiger partial charge in [-0.25, -0.2) is 0 Å². The number of aryl methyl sites for hydroxylation is 1. The Balaban J connectivity index is 2.18. The minimum atomic E-state index is 1.06. The van der Waals surface area contributed by atoms with E-state index in [1.807, 2.05) is 12.3 Å². The van der Waals surface area contributed by atoms with E-state index in [9.17, 15) is 0 Å². The van der Waals surface area contributed by atoms with Crippen molar-refractivity contribution in [1.29, 1.82) is 0 Å². The highest BCUT2D eigenvalue weighted by Crippen LogP contribution is 2.38. The van der Waals surface area contributed by atoms with Crippen LogP contribution in [0.4, 0.5) is 5.69 Å². The molecule has 0 aliphatic carbocycles. The van der Waals surface area contributed by atoms with Crippen molar-refractivity contribution in [3.05, 3.63) is 53.6 Å². The molecule has 16 heavy (non-hydrogen) atoms. The molecule has 0 aromatic heterocycles. The third-order valence-corrected chi connectivity index (χ3v) is 3.74. The molecule has 78 valence electrons. The number of hydrogen-bond acceptors (Lipinski definition) is 2. The normalized spacial score (nSPS) is 12.8. The van der Waals surface area contributed by atoms with E-state index in [1.54, 1.807) is 11.8 Å². The zero-order valence-corrected chi connectivity index (χ0v) is 9.79. The van der Waals surface area contributed by atoms with Gasteiger partial charge >= 0.3 is 0 Å². The van der Waals surface area contributed by atoms with Crippen molar-refractivity contribution in [3.63, 3.8) is 0 Å². The highest BCUT2D eigenvalue weighted by atomic mass is 32.2. The Morgan fingerprint density at radius 2 is 1.88 bits per heavy atom. The highest BCUT2D eigenvalue weighted by Gasteiger charge is 2.10. The van der Waals surface area contributed by atoms with Crippen LogP contribution in [-0.2, 0) is 0 Å². The minimum Gasteiger partial charge on any atom is -0.255 e. The van der Waals surface area contributed by atoms with E-state index < -0.39 is 0 Å². The summed E-state index contributed by atoms with van der Waals surface area (Å²) in [6.45, 7) is 2.12. The Hall–Kier alpha value is -1.54. The molecule has 0 unspecified atom stereocenters. The second-order valence-corrected chi connectivity index (χ2v) is 4.95. The molecule has 0 N–H and O–H groups in total. The largest absolute Gasteiger partial charge is 0.255 e. The Morgan fingerprint density at radius 1 is 1.00 bits per heavy atom. The van der Waals surface area contributed by atoms with E-state index in [-0.39, 0.29) is 0 Å². The van der Waals surface area contributed by atoms with Gasteiger partial charge in [0.25, 0.3) is 0 Å². The summed E-state index contributed by atoms with van der Waals surface area (Å²) in [5.74, 6) is 0. The maximum absolute atomic E-state index is 4.51. The standard InChI is InChI=1S/C14H11NS/c1-10-6-7-11-9-15-12-4-2-3-5-13(12)16-14(11)8-10/h2-9H,1H3. The predicted octanol–water partition coefficient (Wildman–Crippen LogP) is 4.21. The third-order valence-electron chi connectivity index (χ3n) is 2.60. The smallest absolute Gasteiger partial charge is 0.0769 e. The molecule has 1 nitrogen and oxygen atoms in total. The summed E-state index contributed by atoms with van der Waals surface area (Å²) in [6, 6.07) is 14.7. The van der Waals surface area contributed by atoms with Gasteiger partial charge in [-0.1, -0.05) is 36.0 Å². The van der Waals surface area contributed by atoms with Crippen LogP contribution in [0.1, 0.15) is 11.1 Å². The van der Waals surface area contributed by atoms with Crippen LogP contribution in [0, 0.1) is 6.92 Å². The third kappa shape index (κ3) is 1.65. The van der Waals surface area contributed by atoms with Gasteiger partial charge < -0.3 is 0 Å². The van der Waals surface area contributed by atoms with E-state index in [0.717, 1.165) is 5.69 Å². The lowest BCUT2D eigenvalue weighted by Crippen LogP contribution is -1.84. The second-order valence-electron chi connectivity index (χ2n) is 3.87. The van der Waals surface area contributed by atoms with Gasteiger partial charge in [-0.05, 0) is 30.7 Å². The molecule has 0 spiro atoms. The van der Waals surface area contributed by atoms with Gasteiger partial charge in [-0.3, -0.25) is 4.99 Å². The van der Waals surface area contributed by atoms with Crippen molar-refractivity contribution in [2.24, 2.45) is 4.99 Å². The Labute approximate surface area is 99.2 Å². The molecule has 1 heterocycles. The lowest BCUT2D eigenvalue weighted by Gasteiger charge is -2.04. The van der Waals surface area contributed by atoms with Crippen LogP contribution in [0.5, 0.6) is 0 Å². The summed E-state index contributed by atoms with van der Waals surface area (Å²) >= 11 is 1.79. The summed E-state index contributed by atoms with van der Waals surface area (Å²) in [4.78, 5) is 7.02. The predicted molar refractivity (Wildman–Crippen MR) is 69.0 cm³/mol. The average molecular weight is 225 g/mol. The Kier molecular flexibility index (Phi) is 2.29. The van der Waals surface area contributed by atoms with Crippen LogP contribution < -0.4 is 0 Å². The van der Waals surface area contributed by atoms with Crippen molar-refractivity contribution in [2.75, 3.05) is 0 Å². The molecule has 2 heteroatoms. The number of benzene rings is 2. The number of nitrogens with zero attached hydrogens (tertiary/aromatic N) is 1. The van der Waals surface area contributed by atoms with Crippen LogP contribution >= 0.6 is 11.8 Å². The number of aliphatic imine (C=N–C) groups is 1. The van der Waals surface area contributed by atoms with Crippen molar-refractivity contribution < 1.29 is 0 Å². The molecule has 2 aromatic carbocycles. The molecule has 1 aliphatic rings. The average Bonchev–Trinajstić information content (AvgIpc) is 2.47. The topological polar surface area (TPSA) is 12.4 Å². The fourth-order valence-electron chi connectivity index (χ4n) is 1.74. The first-order valence-corrected chi connectivity index (χ1v) is 6.06.